The Morgan fingerprint density at radius 3 is 2.20 bits per heavy atom. The summed E-state index contributed by atoms with van der Waals surface area (Å²) >= 11 is 0. The van der Waals surface area contributed by atoms with Crippen molar-refractivity contribution in [1.29, 1.82) is 0 Å². The smallest absolute Gasteiger partial charge is 0.422 e. The Balaban J connectivity index is 1.88. The summed E-state index contributed by atoms with van der Waals surface area (Å²) < 4.78 is 52.1. The number of rotatable bonds is 6. The molecule has 0 saturated heterocycles. The van der Waals surface area contributed by atoms with Gasteiger partial charge in [0.1, 0.15) is 5.75 Å². The summed E-state index contributed by atoms with van der Waals surface area (Å²) in [5.74, 6) is -0.193. The van der Waals surface area contributed by atoms with Gasteiger partial charge in [0.25, 0.3) is 5.91 Å². The van der Waals surface area contributed by atoms with E-state index in [-0.39, 0.29) is 18.2 Å². The van der Waals surface area contributed by atoms with Gasteiger partial charge in [-0.05, 0) is 42.0 Å². The highest BCUT2D eigenvalue weighted by Gasteiger charge is 2.28. The van der Waals surface area contributed by atoms with Crippen molar-refractivity contribution in [2.45, 2.75) is 17.6 Å². The van der Waals surface area contributed by atoms with Crippen molar-refractivity contribution in [3.05, 3.63) is 59.7 Å². The van der Waals surface area contributed by atoms with E-state index in [2.05, 4.69) is 10.1 Å². The Kier molecular flexibility index (Phi) is 6.19. The Hall–Kier alpha value is -2.35. The number of halogens is 3. The second kappa shape index (κ2) is 8.15. The normalized spacial score (nSPS) is 12.5. The van der Waals surface area contributed by atoms with Gasteiger partial charge in [-0.15, -0.1) is 0 Å². The van der Waals surface area contributed by atoms with E-state index in [0.29, 0.717) is 10.5 Å². The second-order valence-electron chi connectivity index (χ2n) is 5.21. The van der Waals surface area contributed by atoms with E-state index in [9.17, 15) is 22.2 Å². The third-order valence-corrected chi connectivity index (χ3v) is 4.16. The average Bonchev–Trinajstić information content (AvgIpc) is 2.58. The molecule has 0 aliphatic heterocycles. The van der Waals surface area contributed by atoms with Gasteiger partial charge in [0.2, 0.25) is 0 Å². The van der Waals surface area contributed by atoms with Crippen molar-refractivity contribution in [2.75, 3.05) is 12.9 Å². The van der Waals surface area contributed by atoms with Crippen LogP contribution in [0.1, 0.15) is 15.9 Å². The lowest BCUT2D eigenvalue weighted by Gasteiger charge is -2.10. The molecule has 134 valence electrons. The number of amides is 1. The standard InChI is InChI=1S/C17H16F3NO3S/c1-25(23)15-8-4-13(5-9-15)16(22)21-10-12-2-6-14(7-3-12)24-11-17(18,19)20/h2-9H,10-11H2,1H3,(H,21,22). The van der Waals surface area contributed by atoms with Crippen LogP contribution < -0.4 is 10.1 Å². The third kappa shape index (κ3) is 6.22. The van der Waals surface area contributed by atoms with E-state index in [4.69, 9.17) is 0 Å². The Morgan fingerprint density at radius 1 is 1.08 bits per heavy atom. The van der Waals surface area contributed by atoms with Crippen molar-refractivity contribution in [3.63, 3.8) is 0 Å². The Labute approximate surface area is 145 Å². The number of nitrogens with one attached hydrogen (secondary N) is 1. The molecule has 8 heteroatoms. The number of hydrogen-bond acceptors (Lipinski definition) is 3. The van der Waals surface area contributed by atoms with Crippen molar-refractivity contribution < 1.29 is 26.9 Å². The summed E-state index contributed by atoms with van der Waals surface area (Å²) in [6.45, 7) is -1.12. The van der Waals surface area contributed by atoms with Crippen molar-refractivity contribution in [1.82, 2.24) is 5.32 Å². The number of carbonyl (C=O) groups excluding carboxylic acids is 1. The van der Waals surface area contributed by atoms with Crippen LogP contribution in [0.15, 0.2) is 53.4 Å². The van der Waals surface area contributed by atoms with Gasteiger partial charge >= 0.3 is 6.18 Å². The van der Waals surface area contributed by atoms with Crippen molar-refractivity contribution in [2.24, 2.45) is 0 Å². The summed E-state index contributed by atoms with van der Waals surface area (Å²) in [6.07, 6.45) is -2.83. The topological polar surface area (TPSA) is 55.4 Å². The van der Waals surface area contributed by atoms with Gasteiger partial charge in [0.15, 0.2) is 6.61 Å². The first-order chi connectivity index (χ1) is 11.7. The fourth-order valence-corrected chi connectivity index (χ4v) is 2.47. The molecule has 2 rings (SSSR count). The second-order valence-corrected chi connectivity index (χ2v) is 6.59. The minimum absolute atomic E-state index is 0.107. The zero-order valence-electron chi connectivity index (χ0n) is 13.3. The molecular weight excluding hydrogens is 355 g/mol. The van der Waals surface area contributed by atoms with Gasteiger partial charge < -0.3 is 10.1 Å². The van der Waals surface area contributed by atoms with Gasteiger partial charge in [-0.1, -0.05) is 12.1 Å². The van der Waals surface area contributed by atoms with Gasteiger partial charge in [-0.25, -0.2) is 0 Å². The average molecular weight is 371 g/mol. The van der Waals surface area contributed by atoms with Crippen LogP contribution in [0.4, 0.5) is 13.2 Å². The monoisotopic (exact) mass is 371 g/mol. The fourth-order valence-electron chi connectivity index (χ4n) is 1.95. The van der Waals surface area contributed by atoms with Gasteiger partial charge in [-0.2, -0.15) is 13.2 Å². The van der Waals surface area contributed by atoms with Gasteiger partial charge in [0, 0.05) is 34.1 Å². The van der Waals surface area contributed by atoms with Gasteiger partial charge in [0.05, 0.1) is 0 Å². The molecule has 0 aliphatic carbocycles. The van der Waals surface area contributed by atoms with Crippen LogP contribution in [0.5, 0.6) is 5.75 Å². The van der Waals surface area contributed by atoms with Crippen LogP contribution in [0.2, 0.25) is 0 Å². The molecule has 1 N–H and O–H groups in total. The summed E-state index contributed by atoms with van der Waals surface area (Å²) in [5.41, 5.74) is 1.15. The molecule has 2 aromatic carbocycles. The minimum Gasteiger partial charge on any atom is -0.484 e. The molecular formula is C17H16F3NO3S. The molecule has 0 aromatic heterocycles. The largest absolute Gasteiger partial charge is 0.484 e. The first-order valence-corrected chi connectivity index (χ1v) is 8.80. The van der Waals surface area contributed by atoms with E-state index < -0.39 is 23.6 Å². The lowest BCUT2D eigenvalue weighted by Crippen LogP contribution is -2.22. The third-order valence-electron chi connectivity index (χ3n) is 3.23. The number of alkyl halides is 3. The highest BCUT2D eigenvalue weighted by molar-refractivity contribution is 7.84. The summed E-state index contributed by atoms with van der Waals surface area (Å²) in [5, 5.41) is 2.70. The molecule has 0 radical (unpaired) electrons. The molecule has 0 spiro atoms. The molecule has 2 aromatic rings. The summed E-state index contributed by atoms with van der Waals surface area (Å²) in [7, 11) is -1.11. The molecule has 0 heterocycles. The molecule has 0 fully saturated rings. The molecule has 25 heavy (non-hydrogen) atoms. The van der Waals surface area contributed by atoms with E-state index in [0.717, 1.165) is 5.56 Å². The molecule has 1 atom stereocenters. The van der Waals surface area contributed by atoms with E-state index in [1.165, 1.54) is 12.1 Å². The maximum absolute atomic E-state index is 12.1. The van der Waals surface area contributed by atoms with Crippen LogP contribution in [0.3, 0.4) is 0 Å². The maximum Gasteiger partial charge on any atom is 0.422 e. The molecule has 0 bridgehead atoms. The molecule has 4 nitrogen and oxygen atoms in total. The highest BCUT2D eigenvalue weighted by atomic mass is 32.2. The molecule has 1 unspecified atom stereocenters. The zero-order valence-corrected chi connectivity index (χ0v) is 14.1. The highest BCUT2D eigenvalue weighted by Crippen LogP contribution is 2.19. The van der Waals surface area contributed by atoms with E-state index in [1.54, 1.807) is 42.7 Å². The van der Waals surface area contributed by atoms with E-state index >= 15 is 0 Å². The van der Waals surface area contributed by atoms with Gasteiger partial charge in [-0.3, -0.25) is 9.00 Å². The van der Waals surface area contributed by atoms with E-state index in [1.807, 2.05) is 0 Å². The molecule has 0 saturated carbocycles. The number of carbonyl (C=O) groups is 1. The van der Waals surface area contributed by atoms with Crippen LogP contribution in [-0.2, 0) is 17.3 Å². The minimum atomic E-state index is -4.38. The zero-order chi connectivity index (χ0) is 18.4. The predicted molar refractivity (Wildman–Crippen MR) is 87.9 cm³/mol. The molecule has 1 amide bonds. The van der Waals surface area contributed by atoms with Crippen molar-refractivity contribution >= 4 is 16.7 Å². The Bertz CT molecular complexity index is 743. The summed E-state index contributed by atoms with van der Waals surface area (Å²) in [4.78, 5) is 12.7. The van der Waals surface area contributed by atoms with Crippen LogP contribution in [-0.4, -0.2) is 29.2 Å². The summed E-state index contributed by atoms with van der Waals surface area (Å²) in [6, 6.07) is 12.4. The lowest BCUT2D eigenvalue weighted by molar-refractivity contribution is -0.153. The maximum atomic E-state index is 12.1. The first-order valence-electron chi connectivity index (χ1n) is 7.25. The number of hydrogen-bond donors (Lipinski definition) is 1. The van der Waals surface area contributed by atoms with Crippen LogP contribution >= 0.6 is 0 Å². The molecule has 0 aliphatic rings. The van der Waals surface area contributed by atoms with Crippen molar-refractivity contribution in [3.8, 4) is 5.75 Å². The lowest BCUT2D eigenvalue weighted by atomic mass is 10.2. The quantitative estimate of drug-likeness (QED) is 0.848. The van der Waals surface area contributed by atoms with Crippen LogP contribution in [0, 0.1) is 0 Å². The predicted octanol–water partition coefficient (Wildman–Crippen LogP) is 3.30. The number of ether oxygens (including phenoxy) is 1. The SMILES string of the molecule is CS(=O)c1ccc(C(=O)NCc2ccc(OCC(F)(F)F)cc2)cc1. The van der Waals surface area contributed by atoms with Crippen LogP contribution in [0.25, 0.3) is 0 Å². The first kappa shape index (κ1) is 19.0. The Morgan fingerprint density at radius 2 is 1.68 bits per heavy atom. The fraction of sp³-hybridized carbons (Fsp3) is 0.235. The number of benzene rings is 2.